The zero-order chi connectivity index (χ0) is 11.4. The van der Waals surface area contributed by atoms with E-state index < -0.39 is 28.7 Å². The molecule has 0 spiro atoms. The van der Waals surface area contributed by atoms with E-state index in [0.717, 1.165) is 6.33 Å². The third kappa shape index (κ3) is 2.94. The molecule has 15 heavy (non-hydrogen) atoms. The third-order valence-corrected chi connectivity index (χ3v) is 1.66. The lowest BCUT2D eigenvalue weighted by Crippen LogP contribution is -2.13. The summed E-state index contributed by atoms with van der Waals surface area (Å²) in [4.78, 5) is 16.5. The van der Waals surface area contributed by atoms with Crippen LogP contribution in [0.15, 0.2) is 6.33 Å². The van der Waals surface area contributed by atoms with Crippen molar-refractivity contribution in [3.05, 3.63) is 21.6 Å². The van der Waals surface area contributed by atoms with E-state index in [2.05, 4.69) is 15.3 Å². The molecule has 6 nitrogen and oxygen atoms in total. The van der Waals surface area contributed by atoms with Gasteiger partial charge in [-0.25, -0.2) is 18.7 Å². The van der Waals surface area contributed by atoms with Crippen molar-refractivity contribution < 1.29 is 13.7 Å². The van der Waals surface area contributed by atoms with Gasteiger partial charge in [-0.15, -0.1) is 0 Å². The van der Waals surface area contributed by atoms with Gasteiger partial charge in [0.2, 0.25) is 11.0 Å². The fraction of sp³-hybridized carbons (Fsp3) is 0.333. The fourth-order valence-electron chi connectivity index (χ4n) is 0.822. The van der Waals surface area contributed by atoms with Crippen molar-refractivity contribution in [1.82, 2.24) is 9.97 Å². The van der Waals surface area contributed by atoms with Crippen molar-refractivity contribution in [1.29, 1.82) is 0 Å². The zero-order valence-electron chi connectivity index (χ0n) is 7.15. The minimum Gasteiger partial charge on any atom is -0.358 e. The maximum atomic E-state index is 11.8. The molecule has 0 saturated heterocycles. The molecule has 9 heteroatoms. The van der Waals surface area contributed by atoms with Crippen LogP contribution in [0.3, 0.4) is 0 Å². The number of hydrogen-bond acceptors (Lipinski definition) is 5. The topological polar surface area (TPSA) is 81.0 Å². The first-order valence-corrected chi connectivity index (χ1v) is 4.07. The highest BCUT2D eigenvalue weighted by atomic mass is 35.5. The highest BCUT2D eigenvalue weighted by Crippen LogP contribution is 2.28. The van der Waals surface area contributed by atoms with Crippen LogP contribution in [0.5, 0.6) is 0 Å². The first-order valence-electron chi connectivity index (χ1n) is 3.69. The van der Waals surface area contributed by atoms with Crippen LogP contribution in [0.25, 0.3) is 0 Å². The Hall–Kier alpha value is -1.57. The number of hydrogen-bond donors (Lipinski definition) is 1. The van der Waals surface area contributed by atoms with Gasteiger partial charge in [0, 0.05) is 0 Å². The van der Waals surface area contributed by atoms with E-state index in [1.807, 2.05) is 0 Å². The highest BCUT2D eigenvalue weighted by molar-refractivity contribution is 6.31. The molecule has 0 saturated carbocycles. The van der Waals surface area contributed by atoms with E-state index in [1.165, 1.54) is 0 Å². The van der Waals surface area contributed by atoms with Gasteiger partial charge in [0.05, 0.1) is 11.5 Å². The van der Waals surface area contributed by atoms with E-state index in [1.54, 1.807) is 0 Å². The second kappa shape index (κ2) is 4.78. The number of nitrogens with zero attached hydrogens (tertiary/aromatic N) is 3. The molecular formula is C6H5ClF2N4O2. The first kappa shape index (κ1) is 11.5. The van der Waals surface area contributed by atoms with Crippen LogP contribution in [0.1, 0.15) is 0 Å². The molecule has 0 fully saturated rings. The van der Waals surface area contributed by atoms with Gasteiger partial charge in [-0.3, -0.25) is 10.1 Å². The van der Waals surface area contributed by atoms with Crippen LogP contribution in [0.4, 0.5) is 20.3 Å². The molecule has 0 aromatic carbocycles. The molecule has 0 amide bonds. The molecule has 1 N–H and O–H groups in total. The Morgan fingerprint density at radius 3 is 2.80 bits per heavy atom. The van der Waals surface area contributed by atoms with Crippen molar-refractivity contribution in [3.8, 4) is 0 Å². The Labute approximate surface area is 87.4 Å². The Bertz CT molecular complexity index is 376. The van der Waals surface area contributed by atoms with Gasteiger partial charge in [-0.05, 0) is 0 Å². The lowest BCUT2D eigenvalue weighted by molar-refractivity contribution is -0.384. The minimum absolute atomic E-state index is 0.319. The highest BCUT2D eigenvalue weighted by Gasteiger charge is 2.21. The molecule has 1 aromatic heterocycles. The third-order valence-electron chi connectivity index (χ3n) is 1.38. The number of alkyl halides is 2. The Balaban J connectivity index is 2.96. The summed E-state index contributed by atoms with van der Waals surface area (Å²) in [5.74, 6) is -0.319. The van der Waals surface area contributed by atoms with Crippen molar-refractivity contribution in [2.75, 3.05) is 11.9 Å². The minimum atomic E-state index is -2.64. The summed E-state index contributed by atoms with van der Waals surface area (Å²) in [6.45, 7) is -0.742. The molecule has 1 aromatic rings. The molecule has 0 aliphatic carbocycles. The van der Waals surface area contributed by atoms with E-state index in [-0.39, 0.29) is 5.82 Å². The number of rotatable bonds is 4. The molecule has 1 heterocycles. The van der Waals surface area contributed by atoms with Gasteiger partial charge in [0.25, 0.3) is 6.43 Å². The summed E-state index contributed by atoms with van der Waals surface area (Å²) in [5, 5.41) is 12.2. The number of halogens is 3. The molecule has 0 aliphatic heterocycles. The first-order chi connectivity index (χ1) is 7.02. The predicted octanol–water partition coefficient (Wildman–Crippen LogP) is 1.72. The van der Waals surface area contributed by atoms with Gasteiger partial charge in [-0.2, -0.15) is 0 Å². The normalized spacial score (nSPS) is 10.4. The summed E-state index contributed by atoms with van der Waals surface area (Å²) in [6, 6.07) is 0. The summed E-state index contributed by atoms with van der Waals surface area (Å²) >= 11 is 5.42. The summed E-state index contributed by atoms with van der Waals surface area (Å²) in [5.41, 5.74) is -0.611. The molecule has 1 rings (SSSR count). The van der Waals surface area contributed by atoms with Gasteiger partial charge in [0.15, 0.2) is 0 Å². The zero-order valence-corrected chi connectivity index (χ0v) is 7.91. The van der Waals surface area contributed by atoms with Crippen molar-refractivity contribution in [3.63, 3.8) is 0 Å². The Kier molecular flexibility index (Phi) is 3.67. The Morgan fingerprint density at radius 1 is 1.60 bits per heavy atom. The number of nitro groups is 1. The maximum Gasteiger partial charge on any atom is 0.348 e. The van der Waals surface area contributed by atoms with Crippen LogP contribution in [-0.2, 0) is 0 Å². The van der Waals surface area contributed by atoms with Gasteiger partial charge in [-0.1, -0.05) is 11.6 Å². The van der Waals surface area contributed by atoms with Gasteiger partial charge < -0.3 is 5.32 Å². The van der Waals surface area contributed by atoms with Crippen LogP contribution in [-0.4, -0.2) is 27.9 Å². The van der Waals surface area contributed by atoms with Gasteiger partial charge in [0.1, 0.15) is 6.33 Å². The molecular weight excluding hydrogens is 234 g/mol. The van der Waals surface area contributed by atoms with Crippen LogP contribution in [0.2, 0.25) is 5.15 Å². The molecule has 0 radical (unpaired) electrons. The summed E-state index contributed by atoms with van der Waals surface area (Å²) in [6.07, 6.45) is -1.69. The number of aromatic nitrogens is 2. The quantitative estimate of drug-likeness (QED) is 0.491. The average Bonchev–Trinajstić information content (AvgIpc) is 2.13. The monoisotopic (exact) mass is 238 g/mol. The maximum absolute atomic E-state index is 11.8. The van der Waals surface area contributed by atoms with Crippen molar-refractivity contribution >= 4 is 23.1 Å². The average molecular weight is 239 g/mol. The number of anilines is 1. The second-order valence-electron chi connectivity index (χ2n) is 2.39. The smallest absolute Gasteiger partial charge is 0.348 e. The largest absolute Gasteiger partial charge is 0.358 e. The van der Waals surface area contributed by atoms with E-state index in [0.29, 0.717) is 0 Å². The molecule has 0 aliphatic rings. The lowest BCUT2D eigenvalue weighted by atomic mass is 10.4. The molecule has 0 bridgehead atoms. The van der Waals surface area contributed by atoms with Crippen LogP contribution in [0, 0.1) is 10.1 Å². The van der Waals surface area contributed by atoms with Crippen LogP contribution < -0.4 is 5.32 Å². The molecule has 0 atom stereocenters. The van der Waals surface area contributed by atoms with Gasteiger partial charge >= 0.3 is 5.69 Å². The standard InChI is InChI=1S/C6H5ClF2N4O2/c7-5-4(13(14)15)6(12-2-11-5)10-1-3(8)9/h2-3H,1H2,(H,10,11,12). The molecule has 82 valence electrons. The van der Waals surface area contributed by atoms with E-state index >= 15 is 0 Å². The Morgan fingerprint density at radius 2 is 2.27 bits per heavy atom. The van der Waals surface area contributed by atoms with Crippen molar-refractivity contribution in [2.24, 2.45) is 0 Å². The summed E-state index contributed by atoms with van der Waals surface area (Å²) in [7, 11) is 0. The number of nitrogens with one attached hydrogen (secondary N) is 1. The van der Waals surface area contributed by atoms with E-state index in [9.17, 15) is 18.9 Å². The fourth-order valence-corrected chi connectivity index (χ4v) is 1.02. The summed E-state index contributed by atoms with van der Waals surface area (Å²) < 4.78 is 23.7. The predicted molar refractivity (Wildman–Crippen MR) is 48.2 cm³/mol. The lowest BCUT2D eigenvalue weighted by Gasteiger charge is -2.04. The van der Waals surface area contributed by atoms with Crippen LogP contribution >= 0.6 is 11.6 Å². The van der Waals surface area contributed by atoms with Crippen molar-refractivity contribution in [2.45, 2.75) is 6.43 Å². The SMILES string of the molecule is O=[N+]([O-])c1c(Cl)ncnc1NCC(F)F. The second-order valence-corrected chi connectivity index (χ2v) is 2.75. The molecule has 0 unspecified atom stereocenters. The van der Waals surface area contributed by atoms with E-state index in [4.69, 9.17) is 11.6 Å².